The molecule has 0 spiro atoms. The maximum Gasteiger partial charge on any atom is 0.410 e. The van der Waals surface area contributed by atoms with Crippen molar-refractivity contribution in [2.45, 2.75) is 58.1 Å². The summed E-state index contributed by atoms with van der Waals surface area (Å²) < 4.78 is 6.62. The van der Waals surface area contributed by atoms with E-state index < -0.39 is 5.60 Å². The lowest BCUT2D eigenvalue weighted by Crippen LogP contribution is -2.48. The first kappa shape index (κ1) is 22.2. The van der Waals surface area contributed by atoms with E-state index in [0.717, 1.165) is 45.9 Å². The molecule has 0 atom stereocenters. The third-order valence-electron chi connectivity index (χ3n) is 5.00. The first-order chi connectivity index (χ1) is 13.6. The van der Waals surface area contributed by atoms with Crippen LogP contribution in [0, 0.1) is 0 Å². The number of nitrogens with zero attached hydrogens (tertiary/aromatic N) is 3. The first-order valence-corrected chi connectivity index (χ1v) is 11.5. The van der Waals surface area contributed by atoms with Crippen molar-refractivity contribution in [1.82, 2.24) is 14.8 Å². The maximum absolute atomic E-state index is 12.2. The molecule has 0 unspecified atom stereocenters. The summed E-state index contributed by atoms with van der Waals surface area (Å²) in [5.74, 6) is 0. The van der Waals surface area contributed by atoms with Gasteiger partial charge in [0.05, 0.1) is 20.2 Å². The van der Waals surface area contributed by atoms with Crippen molar-refractivity contribution >= 4 is 56.5 Å². The molecule has 29 heavy (non-hydrogen) atoms. The van der Waals surface area contributed by atoms with Crippen LogP contribution in [0.5, 0.6) is 0 Å². The fourth-order valence-corrected chi connectivity index (χ4v) is 4.78. The van der Waals surface area contributed by atoms with Gasteiger partial charge in [0, 0.05) is 44.0 Å². The van der Waals surface area contributed by atoms with Gasteiger partial charge in [0.15, 0.2) is 0 Å². The fourth-order valence-electron chi connectivity index (χ4n) is 3.41. The third kappa shape index (κ3) is 6.03. The summed E-state index contributed by atoms with van der Waals surface area (Å²) in [4.78, 5) is 21.8. The number of hydrogen-bond donors (Lipinski definition) is 0. The van der Waals surface area contributed by atoms with Gasteiger partial charge in [-0.1, -0.05) is 23.8 Å². The Labute approximate surface area is 187 Å². The van der Waals surface area contributed by atoms with E-state index in [1.807, 2.05) is 39.0 Å². The molecule has 0 bridgehead atoms. The maximum atomic E-state index is 12.2. The van der Waals surface area contributed by atoms with Crippen molar-refractivity contribution in [2.75, 3.05) is 20.1 Å². The van der Waals surface area contributed by atoms with Crippen molar-refractivity contribution in [3.63, 3.8) is 0 Å². The summed E-state index contributed by atoms with van der Waals surface area (Å²) in [6, 6.07) is 6.17. The lowest BCUT2D eigenvalue weighted by molar-refractivity contribution is 0.0179. The number of rotatable bonds is 4. The largest absolute Gasteiger partial charge is 0.444 e. The molecule has 2 aromatic rings. The minimum atomic E-state index is -0.460. The van der Waals surface area contributed by atoms with Crippen molar-refractivity contribution in [2.24, 2.45) is 0 Å². The zero-order valence-electron chi connectivity index (χ0n) is 17.4. The van der Waals surface area contributed by atoms with Gasteiger partial charge in [-0.05, 0) is 51.8 Å². The van der Waals surface area contributed by atoms with E-state index in [1.165, 1.54) is 0 Å². The highest BCUT2D eigenvalue weighted by atomic mass is 35.5. The number of thiocarbonyl (C=S) groups is 1. The molecule has 1 amide bonds. The van der Waals surface area contributed by atoms with E-state index in [0.29, 0.717) is 24.2 Å². The van der Waals surface area contributed by atoms with Crippen LogP contribution in [-0.4, -0.2) is 57.6 Å². The van der Waals surface area contributed by atoms with Crippen LogP contribution in [0.4, 0.5) is 4.79 Å². The number of carbonyl (C=O) groups excluding carboxylic acids is 1. The third-order valence-corrected chi connectivity index (χ3v) is 6.83. The van der Waals surface area contributed by atoms with Crippen LogP contribution >= 0.6 is 35.2 Å². The Kier molecular flexibility index (Phi) is 7.02. The number of thiazole rings is 1. The summed E-state index contributed by atoms with van der Waals surface area (Å²) in [6.45, 7) is 7.08. The van der Waals surface area contributed by atoms with E-state index in [-0.39, 0.29) is 6.09 Å². The van der Waals surface area contributed by atoms with E-state index in [2.05, 4.69) is 16.9 Å². The van der Waals surface area contributed by atoms with Gasteiger partial charge in [-0.25, -0.2) is 9.78 Å². The van der Waals surface area contributed by atoms with Gasteiger partial charge in [0.1, 0.15) is 5.60 Å². The highest BCUT2D eigenvalue weighted by molar-refractivity contribution is 7.80. The monoisotopic (exact) mass is 453 g/mol. The summed E-state index contributed by atoms with van der Waals surface area (Å²) >= 11 is 13.4. The molecule has 2 heterocycles. The number of halogens is 1. The van der Waals surface area contributed by atoms with Gasteiger partial charge in [-0.15, -0.1) is 11.3 Å². The number of fused-ring (bicyclic) bond motifs is 1. The fraction of sp³-hybridized carbons (Fsp3) is 0.571. The topological polar surface area (TPSA) is 45.7 Å². The number of ether oxygens (including phenoxy) is 1. The molecule has 0 N–H and O–H groups in total. The van der Waals surface area contributed by atoms with E-state index >= 15 is 0 Å². The molecular formula is C21H28ClN3O2S2. The Bertz CT molecular complexity index is 886. The molecule has 1 aliphatic heterocycles. The molecule has 8 heteroatoms. The predicted molar refractivity (Wildman–Crippen MR) is 124 cm³/mol. The minimum absolute atomic E-state index is 0.225. The van der Waals surface area contributed by atoms with Crippen LogP contribution in [-0.2, 0) is 11.2 Å². The smallest absolute Gasteiger partial charge is 0.410 e. The average Bonchev–Trinajstić information content (AvgIpc) is 3.06. The van der Waals surface area contributed by atoms with E-state index in [9.17, 15) is 4.79 Å². The lowest BCUT2D eigenvalue weighted by Gasteiger charge is -2.38. The van der Waals surface area contributed by atoms with Crippen LogP contribution in [0.15, 0.2) is 18.2 Å². The Hall–Kier alpha value is -1.44. The van der Waals surface area contributed by atoms with Gasteiger partial charge < -0.3 is 14.5 Å². The van der Waals surface area contributed by atoms with Crippen molar-refractivity contribution in [3.8, 4) is 0 Å². The molecule has 1 fully saturated rings. The van der Waals surface area contributed by atoms with Gasteiger partial charge in [0.2, 0.25) is 0 Å². The summed E-state index contributed by atoms with van der Waals surface area (Å²) in [5, 5.41) is 1.79. The molecule has 5 nitrogen and oxygen atoms in total. The Morgan fingerprint density at radius 2 is 2.07 bits per heavy atom. The van der Waals surface area contributed by atoms with Crippen LogP contribution < -0.4 is 0 Å². The SMILES string of the molecule is CN(C(=S)CCc1nc2cc(Cl)ccc2s1)C1CCN(C(=O)OC(C)(C)C)CC1. The lowest BCUT2D eigenvalue weighted by atomic mass is 10.0. The normalized spacial score (nSPS) is 15.6. The zero-order valence-corrected chi connectivity index (χ0v) is 19.8. The Morgan fingerprint density at radius 3 is 2.72 bits per heavy atom. The standard InChI is InChI=1S/C21H28ClN3O2S2/c1-21(2,3)27-20(26)25-11-9-15(10-12-25)24(4)19(28)8-7-18-23-16-13-14(22)5-6-17(16)29-18/h5-6,13,15H,7-12H2,1-4H3. The van der Waals surface area contributed by atoms with E-state index in [4.69, 9.17) is 28.6 Å². The van der Waals surface area contributed by atoms with E-state index in [1.54, 1.807) is 16.2 Å². The summed E-state index contributed by atoms with van der Waals surface area (Å²) in [7, 11) is 2.06. The minimum Gasteiger partial charge on any atom is -0.444 e. The number of piperidine rings is 1. The number of carbonyl (C=O) groups is 1. The molecule has 0 aliphatic carbocycles. The van der Waals surface area contributed by atoms with Gasteiger partial charge in [-0.2, -0.15) is 0 Å². The zero-order chi connectivity index (χ0) is 21.2. The number of aryl methyl sites for hydroxylation is 1. The number of likely N-dealkylation sites (tertiary alicyclic amines) is 1. The number of amides is 1. The first-order valence-electron chi connectivity index (χ1n) is 9.91. The number of hydrogen-bond acceptors (Lipinski definition) is 5. The Balaban J connectivity index is 1.48. The molecule has 3 rings (SSSR count). The second kappa shape index (κ2) is 9.14. The van der Waals surface area contributed by atoms with Crippen LogP contribution in [0.3, 0.4) is 0 Å². The molecule has 158 valence electrons. The quantitative estimate of drug-likeness (QED) is 0.568. The van der Waals surface area contributed by atoms with Crippen LogP contribution in [0.1, 0.15) is 45.0 Å². The highest BCUT2D eigenvalue weighted by Gasteiger charge is 2.29. The molecule has 0 saturated carbocycles. The van der Waals surface area contributed by atoms with Crippen LogP contribution in [0.2, 0.25) is 5.02 Å². The number of aromatic nitrogens is 1. The van der Waals surface area contributed by atoms with Gasteiger partial charge in [0.25, 0.3) is 0 Å². The average molecular weight is 454 g/mol. The van der Waals surface area contributed by atoms with Crippen molar-refractivity contribution < 1.29 is 9.53 Å². The van der Waals surface area contributed by atoms with Gasteiger partial charge >= 0.3 is 6.09 Å². The van der Waals surface area contributed by atoms with Gasteiger partial charge in [-0.3, -0.25) is 0 Å². The second-order valence-corrected chi connectivity index (χ2v) is 10.4. The molecule has 1 aromatic heterocycles. The number of benzene rings is 1. The molecule has 1 aliphatic rings. The highest BCUT2D eigenvalue weighted by Crippen LogP contribution is 2.26. The predicted octanol–water partition coefficient (Wildman–Crippen LogP) is 5.54. The van der Waals surface area contributed by atoms with Crippen LogP contribution in [0.25, 0.3) is 10.2 Å². The molecule has 1 aromatic carbocycles. The van der Waals surface area contributed by atoms with Crippen molar-refractivity contribution in [1.29, 1.82) is 0 Å². The second-order valence-electron chi connectivity index (χ2n) is 8.42. The summed E-state index contributed by atoms with van der Waals surface area (Å²) in [5.41, 5.74) is 0.490. The molecular weight excluding hydrogens is 426 g/mol. The Morgan fingerprint density at radius 1 is 1.38 bits per heavy atom. The molecule has 0 radical (unpaired) electrons. The summed E-state index contributed by atoms with van der Waals surface area (Å²) in [6.07, 6.45) is 3.20. The van der Waals surface area contributed by atoms with Crippen molar-refractivity contribution in [3.05, 3.63) is 28.2 Å². The molecule has 1 saturated heterocycles.